The van der Waals surface area contributed by atoms with Crippen LogP contribution in [-0.2, 0) is 37.0 Å². The monoisotopic (exact) mass is 762 g/mol. The lowest BCUT2D eigenvalue weighted by molar-refractivity contribution is -0.140. The van der Waals surface area contributed by atoms with Gasteiger partial charge in [0.25, 0.3) is 12.3 Å². The van der Waals surface area contributed by atoms with E-state index in [2.05, 4.69) is 20.0 Å². The van der Waals surface area contributed by atoms with Crippen LogP contribution < -0.4 is 15.4 Å². The smallest absolute Gasteiger partial charge is 0.416 e. The summed E-state index contributed by atoms with van der Waals surface area (Å²) in [6.07, 6.45) is -5.84. The molecule has 0 spiro atoms. The van der Waals surface area contributed by atoms with Crippen LogP contribution >= 0.6 is 11.6 Å². The van der Waals surface area contributed by atoms with Crippen LogP contribution in [0.3, 0.4) is 0 Å². The van der Waals surface area contributed by atoms with Crippen LogP contribution in [0.15, 0.2) is 12.1 Å². The highest BCUT2D eigenvalue weighted by atomic mass is 35.5. The number of nitrogens with zero attached hydrogens (tertiary/aromatic N) is 7. The molecule has 3 unspecified atom stereocenters. The zero-order chi connectivity index (χ0) is 37.5. The Morgan fingerprint density at radius 3 is 2.65 bits per heavy atom. The largest absolute Gasteiger partial charge is 0.467 e. The van der Waals surface area contributed by atoms with Gasteiger partial charge < -0.3 is 25.0 Å². The predicted octanol–water partition coefficient (Wildman–Crippen LogP) is 5.83. The SMILES string of the molecule is COc1nc2c(c(N3CCCn4nc(C(=O)N(C)CC(F)F)c(Cl)c4C3)n1)COC(c1c(C(F)(F)F)ccc(N)c1F)C2.FC1CC2CCCN2C1. The van der Waals surface area contributed by atoms with E-state index in [1.807, 2.05) is 0 Å². The number of carbonyl (C=O) groups is 1. The molecule has 2 aromatic heterocycles. The lowest BCUT2D eigenvalue weighted by Crippen LogP contribution is -2.32. The number of rotatable bonds is 6. The number of benzene rings is 1. The molecule has 0 saturated carbocycles. The maximum Gasteiger partial charge on any atom is 0.416 e. The Bertz CT molecular complexity index is 1780. The van der Waals surface area contributed by atoms with Gasteiger partial charge in [0.05, 0.1) is 60.6 Å². The number of ether oxygens (including phenoxy) is 2. The van der Waals surface area contributed by atoms with Crippen LogP contribution in [0.4, 0.5) is 42.2 Å². The molecule has 284 valence electrons. The number of anilines is 2. The summed E-state index contributed by atoms with van der Waals surface area (Å²) in [5.41, 5.74) is 4.25. The average molecular weight is 763 g/mol. The van der Waals surface area contributed by atoms with Crippen molar-refractivity contribution in [2.24, 2.45) is 0 Å². The van der Waals surface area contributed by atoms with Crippen LogP contribution in [-0.4, -0.2) is 94.4 Å². The molecular formula is C33H38ClF7N8O3. The summed E-state index contributed by atoms with van der Waals surface area (Å²) in [4.78, 5) is 26.5. The Morgan fingerprint density at radius 2 is 1.96 bits per heavy atom. The number of nitrogen functional groups attached to an aromatic ring is 1. The Kier molecular flexibility index (Phi) is 11.1. The molecule has 0 aliphatic carbocycles. The molecule has 3 aromatic rings. The van der Waals surface area contributed by atoms with E-state index in [0.717, 1.165) is 23.9 Å². The zero-order valence-electron chi connectivity index (χ0n) is 28.4. The van der Waals surface area contributed by atoms with Crippen molar-refractivity contribution in [1.82, 2.24) is 29.5 Å². The van der Waals surface area contributed by atoms with Gasteiger partial charge in [0.2, 0.25) is 0 Å². The Hall–Kier alpha value is -3.90. The predicted molar refractivity (Wildman–Crippen MR) is 176 cm³/mol. The first-order valence-corrected chi connectivity index (χ1v) is 17.2. The van der Waals surface area contributed by atoms with Crippen LogP contribution in [0.2, 0.25) is 5.02 Å². The summed E-state index contributed by atoms with van der Waals surface area (Å²) >= 11 is 6.55. The highest BCUT2D eigenvalue weighted by Crippen LogP contribution is 2.43. The molecule has 52 heavy (non-hydrogen) atoms. The first-order chi connectivity index (χ1) is 24.7. The number of hydrogen-bond donors (Lipinski definition) is 1. The van der Waals surface area contributed by atoms with Gasteiger partial charge >= 0.3 is 12.2 Å². The van der Waals surface area contributed by atoms with Crippen molar-refractivity contribution in [1.29, 1.82) is 0 Å². The van der Waals surface area contributed by atoms with Crippen LogP contribution in [0, 0.1) is 5.82 Å². The molecule has 2 fully saturated rings. The molecule has 0 radical (unpaired) electrons. The normalized spacial score (nSPS) is 21.6. The van der Waals surface area contributed by atoms with Gasteiger partial charge in [-0.15, -0.1) is 0 Å². The molecule has 1 aromatic carbocycles. The minimum absolute atomic E-state index is 0.000964. The highest BCUT2D eigenvalue weighted by molar-refractivity contribution is 6.34. The van der Waals surface area contributed by atoms with E-state index in [9.17, 15) is 31.1 Å². The van der Waals surface area contributed by atoms with E-state index in [0.29, 0.717) is 60.9 Å². The van der Waals surface area contributed by atoms with Crippen molar-refractivity contribution in [2.45, 2.75) is 82.7 Å². The topological polar surface area (TPSA) is 115 Å². The third-order valence-electron chi connectivity index (χ3n) is 9.73. The van der Waals surface area contributed by atoms with Crippen molar-refractivity contribution in [3.63, 3.8) is 0 Å². The number of aromatic nitrogens is 4. The summed E-state index contributed by atoms with van der Waals surface area (Å²) in [7, 11) is 2.55. The van der Waals surface area contributed by atoms with Gasteiger partial charge in [-0.25, -0.2) is 17.6 Å². The maximum atomic E-state index is 15.0. The lowest BCUT2D eigenvalue weighted by atomic mass is 9.94. The van der Waals surface area contributed by atoms with Crippen molar-refractivity contribution < 1.29 is 45.0 Å². The van der Waals surface area contributed by atoms with Crippen molar-refractivity contribution in [3.05, 3.63) is 56.7 Å². The lowest BCUT2D eigenvalue weighted by Gasteiger charge is -2.31. The first kappa shape index (κ1) is 37.8. The molecule has 3 atom stereocenters. The molecule has 0 bridgehead atoms. The molecule has 2 N–H and O–H groups in total. The first-order valence-electron chi connectivity index (χ1n) is 16.8. The van der Waals surface area contributed by atoms with Gasteiger partial charge in [-0.2, -0.15) is 28.2 Å². The second-order valence-electron chi connectivity index (χ2n) is 13.2. The van der Waals surface area contributed by atoms with Crippen molar-refractivity contribution in [3.8, 4) is 6.01 Å². The van der Waals surface area contributed by atoms with Crippen LogP contribution in [0.25, 0.3) is 0 Å². The number of alkyl halides is 6. The Labute approximate surface area is 299 Å². The summed E-state index contributed by atoms with van der Waals surface area (Å²) in [5, 5.41) is 4.28. The van der Waals surface area contributed by atoms with Gasteiger partial charge in [0, 0.05) is 50.3 Å². The maximum absolute atomic E-state index is 15.0. The Morgan fingerprint density at radius 1 is 1.19 bits per heavy atom. The fourth-order valence-corrected chi connectivity index (χ4v) is 7.51. The number of fused-ring (bicyclic) bond motifs is 3. The highest BCUT2D eigenvalue weighted by Gasteiger charge is 2.40. The molecule has 6 heterocycles. The van der Waals surface area contributed by atoms with E-state index < -0.39 is 60.0 Å². The van der Waals surface area contributed by atoms with E-state index in [1.54, 1.807) is 4.90 Å². The van der Waals surface area contributed by atoms with Crippen molar-refractivity contribution in [2.75, 3.05) is 51.0 Å². The number of nitrogens with two attached hydrogens (primary N) is 1. The van der Waals surface area contributed by atoms with E-state index in [-0.39, 0.29) is 36.3 Å². The fourth-order valence-electron chi connectivity index (χ4n) is 7.24. The number of halogens is 8. The number of hydrogen-bond acceptors (Lipinski definition) is 9. The standard InChI is InChI=1S/C26H26ClF6N7O3.C7H12FN/c1-38(10-18(28)29)24(41)22-20(27)16-9-39(6-3-7-40(16)37-22)23-12-11-43-17(8-15(12)35-25(36-23)42-2)19-13(26(31,32)33)4-5-14(34)21(19)30;8-6-4-7-2-1-3-9(7)5-6/h4-5,17-18H,3,6-11,34H2,1-2H3;6-7H,1-5H2. The Balaban J connectivity index is 0.000000444. The summed E-state index contributed by atoms with van der Waals surface area (Å²) in [5.74, 6) is -1.63. The van der Waals surface area contributed by atoms with E-state index in [4.69, 9.17) is 26.8 Å². The summed E-state index contributed by atoms with van der Waals surface area (Å²) in [6.45, 7) is 1.69. The third kappa shape index (κ3) is 7.74. The molecular weight excluding hydrogens is 725 g/mol. The molecule has 11 nitrogen and oxygen atoms in total. The summed E-state index contributed by atoms with van der Waals surface area (Å²) < 4.78 is 107. The number of carbonyl (C=O) groups excluding carboxylic acids is 1. The van der Waals surface area contributed by atoms with Gasteiger partial charge in [0.1, 0.15) is 12.0 Å². The number of amides is 1. The van der Waals surface area contributed by atoms with Gasteiger partial charge in [0.15, 0.2) is 11.5 Å². The second-order valence-corrected chi connectivity index (χ2v) is 13.6. The third-order valence-corrected chi connectivity index (χ3v) is 10.1. The zero-order valence-corrected chi connectivity index (χ0v) is 29.2. The van der Waals surface area contributed by atoms with Crippen molar-refractivity contribution >= 4 is 29.0 Å². The van der Waals surface area contributed by atoms with E-state index >= 15 is 4.39 Å². The van der Waals surface area contributed by atoms with Gasteiger partial charge in [-0.05, 0) is 44.4 Å². The quantitative estimate of drug-likeness (QED) is 0.245. The number of methoxy groups -OCH3 is 1. The average Bonchev–Trinajstić information content (AvgIpc) is 3.71. The fraction of sp³-hybridized carbons (Fsp3) is 0.576. The molecule has 4 aliphatic rings. The molecule has 4 aliphatic heterocycles. The molecule has 1 amide bonds. The number of aryl methyl sites for hydroxylation is 1. The molecule has 2 saturated heterocycles. The summed E-state index contributed by atoms with van der Waals surface area (Å²) in [6, 6.07) is 2.10. The van der Waals surface area contributed by atoms with E-state index in [1.165, 1.54) is 31.7 Å². The van der Waals surface area contributed by atoms with Gasteiger partial charge in [-0.3, -0.25) is 14.4 Å². The minimum Gasteiger partial charge on any atom is -0.467 e. The van der Waals surface area contributed by atoms with Gasteiger partial charge in [-0.1, -0.05) is 11.6 Å². The molecule has 19 heteroatoms. The second kappa shape index (κ2) is 15.2. The molecule has 7 rings (SSSR count). The van der Waals surface area contributed by atoms with Crippen LogP contribution in [0.1, 0.15) is 70.4 Å². The minimum atomic E-state index is -4.86. The van der Waals surface area contributed by atoms with Crippen LogP contribution in [0.5, 0.6) is 6.01 Å².